The summed E-state index contributed by atoms with van der Waals surface area (Å²) in [4.78, 5) is 24.3. The van der Waals surface area contributed by atoms with Gasteiger partial charge in [0.1, 0.15) is 17.1 Å². The number of alkyl carbamates (subject to hydrolysis) is 1. The van der Waals surface area contributed by atoms with Crippen LogP contribution in [0.15, 0.2) is 60.5 Å². The van der Waals surface area contributed by atoms with Crippen LogP contribution >= 0.6 is 0 Å². The first-order valence-corrected chi connectivity index (χ1v) is 10.8. The Balaban J connectivity index is 1.97. The molecule has 0 atom stereocenters. The normalized spacial score (nSPS) is 11.3. The van der Waals surface area contributed by atoms with Gasteiger partial charge >= 0.3 is 6.09 Å². The first kappa shape index (κ1) is 26.4. The van der Waals surface area contributed by atoms with Crippen LogP contribution in [0.25, 0.3) is 0 Å². The van der Waals surface area contributed by atoms with E-state index >= 15 is 0 Å². The number of benzene rings is 2. The van der Waals surface area contributed by atoms with E-state index in [-0.39, 0.29) is 18.5 Å². The van der Waals surface area contributed by atoms with E-state index in [4.69, 9.17) is 18.9 Å². The van der Waals surface area contributed by atoms with Gasteiger partial charge in [-0.05, 0) is 56.2 Å². The van der Waals surface area contributed by atoms with E-state index in [1.165, 1.54) is 6.08 Å². The quantitative estimate of drug-likeness (QED) is 0.262. The number of hydrogen-bond donors (Lipinski definition) is 3. The average molecular weight is 472 g/mol. The van der Waals surface area contributed by atoms with Gasteiger partial charge in [-0.2, -0.15) is 0 Å². The minimum atomic E-state index is -0.628. The molecular formula is C25H33N3O6. The number of methoxy groups -OCH3 is 2. The number of carbonyl (C=O) groups excluding carboxylic acids is 2. The third kappa shape index (κ3) is 10.2. The fourth-order valence-electron chi connectivity index (χ4n) is 2.67. The molecule has 0 radical (unpaired) electrons. The van der Waals surface area contributed by atoms with Crippen LogP contribution in [0.2, 0.25) is 0 Å². The molecule has 0 saturated carbocycles. The standard InChI is InChI=1S/C25H33N3O6/c1-25(2,3)34-24(30)28-17-33-23(27-16-19-8-12-21(32-5)13-9-19)14-22(29)26-15-18-6-10-20(31-4)11-7-18/h6-14,27H,15-17H2,1-5H3,(H,26,29)(H,28,30)/b23-14+. The van der Waals surface area contributed by atoms with Gasteiger partial charge in [-0.3, -0.25) is 10.1 Å². The number of hydrogen-bond acceptors (Lipinski definition) is 7. The van der Waals surface area contributed by atoms with Crippen LogP contribution in [0, 0.1) is 0 Å². The van der Waals surface area contributed by atoms with Crippen molar-refractivity contribution >= 4 is 12.0 Å². The van der Waals surface area contributed by atoms with Crippen LogP contribution in [-0.2, 0) is 27.4 Å². The van der Waals surface area contributed by atoms with Crippen LogP contribution in [0.1, 0.15) is 31.9 Å². The van der Waals surface area contributed by atoms with Crippen molar-refractivity contribution in [1.82, 2.24) is 16.0 Å². The molecule has 2 rings (SSSR count). The van der Waals surface area contributed by atoms with Crippen molar-refractivity contribution in [3.63, 3.8) is 0 Å². The second kappa shape index (κ2) is 13.0. The zero-order chi connectivity index (χ0) is 25.0. The fraction of sp³-hybridized carbons (Fsp3) is 0.360. The first-order chi connectivity index (χ1) is 16.2. The van der Waals surface area contributed by atoms with Crippen molar-refractivity contribution in [3.8, 4) is 11.5 Å². The van der Waals surface area contributed by atoms with Crippen LogP contribution < -0.4 is 25.4 Å². The van der Waals surface area contributed by atoms with E-state index in [0.29, 0.717) is 13.1 Å². The van der Waals surface area contributed by atoms with E-state index in [2.05, 4.69) is 16.0 Å². The molecule has 0 saturated heterocycles. The highest BCUT2D eigenvalue weighted by Crippen LogP contribution is 2.12. The van der Waals surface area contributed by atoms with Crippen LogP contribution in [0.3, 0.4) is 0 Å². The van der Waals surface area contributed by atoms with Crippen LogP contribution in [0.4, 0.5) is 4.79 Å². The number of ether oxygens (including phenoxy) is 4. The van der Waals surface area contributed by atoms with Crippen molar-refractivity contribution in [2.24, 2.45) is 0 Å². The SMILES string of the molecule is COc1ccc(CNC(=O)/C=C(\NCc2ccc(OC)cc2)OCNC(=O)OC(C)(C)C)cc1. The lowest BCUT2D eigenvalue weighted by molar-refractivity contribution is -0.116. The van der Waals surface area contributed by atoms with Gasteiger partial charge in [0, 0.05) is 13.1 Å². The molecule has 0 aliphatic carbocycles. The Morgan fingerprint density at radius 2 is 1.29 bits per heavy atom. The Bertz CT molecular complexity index is 950. The summed E-state index contributed by atoms with van der Waals surface area (Å²) in [5.41, 5.74) is 1.24. The van der Waals surface area contributed by atoms with Gasteiger partial charge in [0.25, 0.3) is 0 Å². The maximum atomic E-state index is 12.5. The third-order valence-corrected chi connectivity index (χ3v) is 4.36. The van der Waals surface area contributed by atoms with Crippen molar-refractivity contribution in [1.29, 1.82) is 0 Å². The molecule has 0 aliphatic heterocycles. The van der Waals surface area contributed by atoms with Gasteiger partial charge in [0.2, 0.25) is 5.91 Å². The second-order valence-corrected chi connectivity index (χ2v) is 8.24. The molecule has 0 heterocycles. The number of nitrogens with one attached hydrogen (secondary N) is 3. The minimum absolute atomic E-state index is 0.178. The maximum Gasteiger partial charge on any atom is 0.410 e. The van der Waals surface area contributed by atoms with Crippen molar-refractivity contribution < 1.29 is 28.5 Å². The fourth-order valence-corrected chi connectivity index (χ4v) is 2.67. The molecule has 184 valence electrons. The van der Waals surface area contributed by atoms with Crippen LogP contribution in [-0.4, -0.2) is 38.6 Å². The Labute approximate surface area is 200 Å². The number of amides is 2. The predicted molar refractivity (Wildman–Crippen MR) is 128 cm³/mol. The summed E-state index contributed by atoms with van der Waals surface area (Å²) in [5.74, 6) is 1.32. The summed E-state index contributed by atoms with van der Waals surface area (Å²) in [7, 11) is 3.20. The Morgan fingerprint density at radius 3 is 1.76 bits per heavy atom. The first-order valence-electron chi connectivity index (χ1n) is 10.8. The van der Waals surface area contributed by atoms with Gasteiger partial charge < -0.3 is 29.6 Å². The van der Waals surface area contributed by atoms with Crippen molar-refractivity contribution in [2.45, 2.75) is 39.5 Å². The summed E-state index contributed by atoms with van der Waals surface area (Å²) in [6, 6.07) is 14.9. The zero-order valence-corrected chi connectivity index (χ0v) is 20.3. The molecule has 0 spiro atoms. The molecule has 0 fully saturated rings. The number of carbonyl (C=O) groups is 2. The van der Waals surface area contributed by atoms with E-state index in [1.807, 2.05) is 48.5 Å². The second-order valence-electron chi connectivity index (χ2n) is 8.24. The predicted octanol–water partition coefficient (Wildman–Crippen LogP) is 3.45. The molecule has 2 aromatic carbocycles. The van der Waals surface area contributed by atoms with Gasteiger partial charge in [0.05, 0.1) is 20.3 Å². The highest BCUT2D eigenvalue weighted by Gasteiger charge is 2.16. The van der Waals surface area contributed by atoms with E-state index in [0.717, 1.165) is 22.6 Å². The molecule has 34 heavy (non-hydrogen) atoms. The zero-order valence-electron chi connectivity index (χ0n) is 20.3. The molecule has 9 heteroatoms. The third-order valence-electron chi connectivity index (χ3n) is 4.36. The molecule has 3 N–H and O–H groups in total. The Hall–Kier alpha value is -3.88. The van der Waals surface area contributed by atoms with E-state index in [1.54, 1.807) is 35.0 Å². The lowest BCUT2D eigenvalue weighted by Gasteiger charge is -2.20. The van der Waals surface area contributed by atoms with Gasteiger partial charge in [-0.15, -0.1) is 0 Å². The summed E-state index contributed by atoms with van der Waals surface area (Å²) >= 11 is 0. The summed E-state index contributed by atoms with van der Waals surface area (Å²) < 4.78 is 21.1. The molecule has 0 aromatic heterocycles. The minimum Gasteiger partial charge on any atom is -0.497 e. The topological polar surface area (TPSA) is 107 Å². The lowest BCUT2D eigenvalue weighted by Crippen LogP contribution is -2.34. The summed E-state index contributed by atoms with van der Waals surface area (Å²) in [6.07, 6.45) is 0.676. The maximum absolute atomic E-state index is 12.5. The van der Waals surface area contributed by atoms with E-state index in [9.17, 15) is 9.59 Å². The smallest absolute Gasteiger partial charge is 0.410 e. The summed E-state index contributed by atoms with van der Waals surface area (Å²) in [6.45, 7) is 5.85. The van der Waals surface area contributed by atoms with Crippen LogP contribution in [0.5, 0.6) is 11.5 Å². The Kier molecular flexibility index (Phi) is 10.1. The molecule has 0 aliphatic rings. The van der Waals surface area contributed by atoms with Gasteiger partial charge in [-0.25, -0.2) is 4.79 Å². The largest absolute Gasteiger partial charge is 0.497 e. The van der Waals surface area contributed by atoms with Crippen molar-refractivity contribution in [3.05, 3.63) is 71.6 Å². The molecule has 2 amide bonds. The molecule has 2 aromatic rings. The summed E-state index contributed by atoms with van der Waals surface area (Å²) in [5, 5.41) is 8.37. The average Bonchev–Trinajstić information content (AvgIpc) is 2.80. The molecule has 0 bridgehead atoms. The van der Waals surface area contributed by atoms with E-state index < -0.39 is 11.7 Å². The van der Waals surface area contributed by atoms with Crippen molar-refractivity contribution in [2.75, 3.05) is 21.0 Å². The molecule has 0 unspecified atom stereocenters. The number of rotatable bonds is 11. The lowest BCUT2D eigenvalue weighted by atomic mass is 10.2. The Morgan fingerprint density at radius 1 is 0.794 bits per heavy atom. The molecular weight excluding hydrogens is 438 g/mol. The highest BCUT2D eigenvalue weighted by atomic mass is 16.6. The molecule has 9 nitrogen and oxygen atoms in total. The monoisotopic (exact) mass is 471 g/mol. The van der Waals surface area contributed by atoms with Gasteiger partial charge in [-0.1, -0.05) is 24.3 Å². The highest BCUT2D eigenvalue weighted by molar-refractivity contribution is 5.87. The van der Waals surface area contributed by atoms with Gasteiger partial charge in [0.15, 0.2) is 12.6 Å².